The second-order valence-electron chi connectivity index (χ2n) is 6.49. The molecule has 1 amide bonds. The molecule has 0 radical (unpaired) electrons. The summed E-state index contributed by atoms with van der Waals surface area (Å²) in [4.78, 5) is 12.8. The van der Waals surface area contributed by atoms with Gasteiger partial charge in [0.1, 0.15) is 5.69 Å². The van der Waals surface area contributed by atoms with E-state index < -0.39 is 9.84 Å². The van der Waals surface area contributed by atoms with Gasteiger partial charge in [0.05, 0.1) is 21.7 Å². The van der Waals surface area contributed by atoms with Gasteiger partial charge in [0.25, 0.3) is 5.91 Å². The summed E-state index contributed by atoms with van der Waals surface area (Å²) in [7, 11) is -3.03. The van der Waals surface area contributed by atoms with Crippen molar-refractivity contribution in [2.75, 3.05) is 11.5 Å². The third-order valence-electron chi connectivity index (χ3n) is 4.58. The largest absolute Gasteiger partial charge is 0.347 e. The number of amides is 1. The van der Waals surface area contributed by atoms with Crippen molar-refractivity contribution in [3.8, 4) is 0 Å². The zero-order chi connectivity index (χ0) is 18.3. The Morgan fingerprint density at radius 2 is 2.04 bits per heavy atom. The quantitative estimate of drug-likeness (QED) is 0.720. The smallest absolute Gasteiger partial charge is 0.268 e. The van der Waals surface area contributed by atoms with Gasteiger partial charge in [0.15, 0.2) is 9.84 Å². The highest BCUT2D eigenvalue weighted by molar-refractivity contribution is 7.91. The van der Waals surface area contributed by atoms with E-state index >= 15 is 0 Å². The summed E-state index contributed by atoms with van der Waals surface area (Å²) in [5.74, 6) is -0.0754. The number of nitrogens with one attached hydrogen (secondary N) is 1. The molecule has 1 N–H and O–H groups in total. The number of benzene rings is 1. The molecular weight excluding hydrogens is 392 g/mol. The lowest BCUT2D eigenvalue weighted by molar-refractivity contribution is 0.0932. The van der Waals surface area contributed by atoms with Gasteiger partial charge in [-0.05, 0) is 41.6 Å². The summed E-state index contributed by atoms with van der Waals surface area (Å²) in [5, 5.41) is 5.54. The Labute approximate surface area is 160 Å². The maximum Gasteiger partial charge on any atom is 0.268 e. The highest BCUT2D eigenvalue weighted by atomic mass is 35.5. The van der Waals surface area contributed by atoms with E-state index in [0.29, 0.717) is 23.7 Å². The van der Waals surface area contributed by atoms with E-state index in [2.05, 4.69) is 5.32 Å². The first kappa shape index (κ1) is 17.6. The van der Waals surface area contributed by atoms with E-state index in [1.54, 1.807) is 11.3 Å². The monoisotopic (exact) mass is 408 g/mol. The summed E-state index contributed by atoms with van der Waals surface area (Å²) in [6.07, 6.45) is 0.473. The molecule has 1 saturated heterocycles. The van der Waals surface area contributed by atoms with Gasteiger partial charge in [-0.1, -0.05) is 23.7 Å². The van der Waals surface area contributed by atoms with Gasteiger partial charge in [-0.25, -0.2) is 8.42 Å². The van der Waals surface area contributed by atoms with Gasteiger partial charge in [-0.3, -0.25) is 4.79 Å². The fourth-order valence-electron chi connectivity index (χ4n) is 3.28. The molecule has 1 fully saturated rings. The van der Waals surface area contributed by atoms with Crippen molar-refractivity contribution in [3.05, 3.63) is 58.1 Å². The molecule has 3 aromatic rings. The maximum atomic E-state index is 12.8. The van der Waals surface area contributed by atoms with Crippen LogP contribution >= 0.6 is 22.9 Å². The lowest BCUT2D eigenvalue weighted by Crippen LogP contribution is -2.36. The molecule has 136 valence electrons. The van der Waals surface area contributed by atoms with Crippen molar-refractivity contribution in [2.45, 2.75) is 19.0 Å². The topological polar surface area (TPSA) is 68.2 Å². The molecule has 4 rings (SSSR count). The summed E-state index contributed by atoms with van der Waals surface area (Å²) in [6.45, 7) is 0.545. The molecule has 0 unspecified atom stereocenters. The molecule has 0 spiro atoms. The maximum absolute atomic E-state index is 12.8. The number of hydrogen-bond donors (Lipinski definition) is 1. The highest BCUT2D eigenvalue weighted by Crippen LogP contribution is 2.27. The van der Waals surface area contributed by atoms with Crippen molar-refractivity contribution in [2.24, 2.45) is 0 Å². The Morgan fingerprint density at radius 1 is 1.27 bits per heavy atom. The van der Waals surface area contributed by atoms with Crippen LogP contribution in [0.25, 0.3) is 10.2 Å². The number of carbonyl (C=O) groups excluding carboxylic acids is 1. The molecule has 3 heterocycles. The van der Waals surface area contributed by atoms with Gasteiger partial charge >= 0.3 is 0 Å². The number of carbonyl (C=O) groups is 1. The second-order valence-corrected chi connectivity index (χ2v) is 10.1. The van der Waals surface area contributed by atoms with Crippen LogP contribution < -0.4 is 5.32 Å². The molecule has 0 bridgehead atoms. The van der Waals surface area contributed by atoms with Gasteiger partial charge in [0, 0.05) is 17.6 Å². The number of aromatic nitrogens is 1. The molecule has 0 aliphatic carbocycles. The first-order valence-electron chi connectivity index (χ1n) is 8.24. The van der Waals surface area contributed by atoms with E-state index in [4.69, 9.17) is 11.6 Å². The van der Waals surface area contributed by atoms with Crippen LogP contribution in [-0.2, 0) is 16.4 Å². The number of halogens is 1. The van der Waals surface area contributed by atoms with Crippen LogP contribution in [0.1, 0.15) is 22.5 Å². The van der Waals surface area contributed by atoms with Crippen molar-refractivity contribution in [1.82, 2.24) is 9.88 Å². The molecule has 5 nitrogen and oxygen atoms in total. The predicted octanol–water partition coefficient (Wildman–Crippen LogP) is 3.32. The normalized spacial score (nSPS) is 19.0. The van der Waals surface area contributed by atoms with Gasteiger partial charge < -0.3 is 9.88 Å². The number of fused-ring (bicyclic) bond motifs is 1. The average Bonchev–Trinajstić information content (AvgIpc) is 3.25. The number of sulfone groups is 1. The first-order chi connectivity index (χ1) is 12.4. The van der Waals surface area contributed by atoms with E-state index in [9.17, 15) is 13.2 Å². The fourth-order valence-corrected chi connectivity index (χ4v) is 5.90. The predicted molar refractivity (Wildman–Crippen MR) is 105 cm³/mol. The highest BCUT2D eigenvalue weighted by Gasteiger charge is 2.30. The van der Waals surface area contributed by atoms with Gasteiger partial charge in [0.2, 0.25) is 0 Å². The van der Waals surface area contributed by atoms with Crippen LogP contribution in [0.3, 0.4) is 0 Å². The molecule has 8 heteroatoms. The molecule has 0 saturated carbocycles. The third-order valence-corrected chi connectivity index (χ3v) is 7.45. The summed E-state index contributed by atoms with van der Waals surface area (Å²) < 4.78 is 26.3. The van der Waals surface area contributed by atoms with Crippen LogP contribution in [0.2, 0.25) is 5.02 Å². The number of rotatable bonds is 4. The van der Waals surface area contributed by atoms with Crippen molar-refractivity contribution in [1.29, 1.82) is 0 Å². The van der Waals surface area contributed by atoms with Crippen LogP contribution in [0.4, 0.5) is 0 Å². The van der Waals surface area contributed by atoms with Crippen molar-refractivity contribution in [3.63, 3.8) is 0 Å². The Hall–Kier alpha value is -1.83. The van der Waals surface area contributed by atoms with E-state index in [1.165, 1.54) is 0 Å². The Balaban J connectivity index is 1.63. The number of hydrogen-bond acceptors (Lipinski definition) is 4. The van der Waals surface area contributed by atoms with Crippen LogP contribution in [0.5, 0.6) is 0 Å². The third kappa shape index (κ3) is 3.51. The molecule has 1 aliphatic rings. The van der Waals surface area contributed by atoms with Crippen molar-refractivity contribution < 1.29 is 13.2 Å². The summed E-state index contributed by atoms with van der Waals surface area (Å²) >= 11 is 7.53. The summed E-state index contributed by atoms with van der Waals surface area (Å²) in [5.41, 5.74) is 2.58. The molecule has 1 aromatic carbocycles. The van der Waals surface area contributed by atoms with E-state index in [1.807, 2.05) is 46.3 Å². The molecule has 26 heavy (non-hydrogen) atoms. The SMILES string of the molecule is O=C(N[C@H]1CCS(=O)(=O)C1)c1cc2sccc2n1Cc1ccc(Cl)cc1. The van der Waals surface area contributed by atoms with E-state index in [0.717, 1.165) is 15.8 Å². The number of nitrogens with zero attached hydrogens (tertiary/aromatic N) is 1. The molecule has 1 atom stereocenters. The lowest BCUT2D eigenvalue weighted by Gasteiger charge is -2.14. The zero-order valence-corrected chi connectivity index (χ0v) is 16.2. The van der Waals surface area contributed by atoms with Crippen LogP contribution in [-0.4, -0.2) is 36.4 Å². The Bertz CT molecular complexity index is 1070. The fraction of sp³-hybridized carbons (Fsp3) is 0.278. The van der Waals surface area contributed by atoms with Crippen molar-refractivity contribution >= 4 is 48.9 Å². The molecule has 2 aromatic heterocycles. The second kappa shape index (κ2) is 6.72. The first-order valence-corrected chi connectivity index (χ1v) is 11.3. The Kier molecular flexibility index (Phi) is 4.54. The number of thiophene rings is 1. The van der Waals surface area contributed by atoms with E-state index in [-0.39, 0.29) is 23.5 Å². The lowest BCUT2D eigenvalue weighted by atomic mass is 10.2. The zero-order valence-electron chi connectivity index (χ0n) is 13.8. The summed E-state index contributed by atoms with van der Waals surface area (Å²) in [6, 6.07) is 11.1. The van der Waals surface area contributed by atoms with Gasteiger partial charge in [-0.2, -0.15) is 0 Å². The average molecular weight is 409 g/mol. The molecular formula is C18H17ClN2O3S2. The Morgan fingerprint density at radius 3 is 2.73 bits per heavy atom. The molecule has 1 aliphatic heterocycles. The van der Waals surface area contributed by atoms with Crippen LogP contribution in [0.15, 0.2) is 41.8 Å². The minimum Gasteiger partial charge on any atom is -0.347 e. The standard InChI is InChI=1S/C18H17ClN2O3S2/c19-13-3-1-12(2-4-13)10-21-15-5-7-25-17(15)9-16(21)18(22)20-14-6-8-26(23,24)11-14/h1-5,7,9,14H,6,8,10-11H2,(H,20,22)/t14-/m0/s1. The van der Waals surface area contributed by atoms with Gasteiger partial charge in [-0.15, -0.1) is 11.3 Å². The minimum absolute atomic E-state index is 0.0188. The van der Waals surface area contributed by atoms with Crippen LogP contribution in [0, 0.1) is 0 Å². The minimum atomic E-state index is -3.03.